The van der Waals surface area contributed by atoms with Crippen molar-refractivity contribution in [2.45, 2.75) is 18.4 Å². The quantitative estimate of drug-likeness (QED) is 0.831. The summed E-state index contributed by atoms with van der Waals surface area (Å²) in [6, 6.07) is 0.960. The van der Waals surface area contributed by atoms with Crippen molar-refractivity contribution in [1.29, 1.82) is 0 Å². The molecule has 1 unspecified atom stereocenters. The van der Waals surface area contributed by atoms with Gasteiger partial charge in [-0.3, -0.25) is 9.58 Å². The van der Waals surface area contributed by atoms with Gasteiger partial charge in [-0.15, -0.1) is 0 Å². The number of rotatable bonds is 4. The fourth-order valence-corrected chi connectivity index (χ4v) is 2.35. The Labute approximate surface area is 116 Å². The number of aliphatic carboxylic acids is 1. The minimum Gasteiger partial charge on any atom is -0.480 e. The van der Waals surface area contributed by atoms with E-state index in [0.717, 1.165) is 5.69 Å². The van der Waals surface area contributed by atoms with E-state index in [1.807, 2.05) is 6.07 Å². The molecule has 108 valence electrons. The van der Waals surface area contributed by atoms with Crippen LogP contribution < -0.4 is 0 Å². The molecule has 1 aromatic rings. The van der Waals surface area contributed by atoms with Crippen LogP contribution in [0.4, 0.5) is 4.79 Å². The van der Waals surface area contributed by atoms with E-state index in [0.29, 0.717) is 13.0 Å². The van der Waals surface area contributed by atoms with Gasteiger partial charge in [-0.1, -0.05) is 12.7 Å². The first-order chi connectivity index (χ1) is 9.52. The van der Waals surface area contributed by atoms with E-state index in [1.165, 1.54) is 11.0 Å². The van der Waals surface area contributed by atoms with Crippen molar-refractivity contribution < 1.29 is 19.4 Å². The van der Waals surface area contributed by atoms with Gasteiger partial charge in [0.15, 0.2) is 0 Å². The monoisotopic (exact) mass is 279 g/mol. The average molecular weight is 279 g/mol. The third-order valence-electron chi connectivity index (χ3n) is 3.30. The number of carbonyl (C=O) groups is 2. The van der Waals surface area contributed by atoms with E-state index in [9.17, 15) is 14.7 Å². The number of likely N-dealkylation sites (tertiary alicyclic amines) is 1. The molecule has 1 aliphatic rings. The van der Waals surface area contributed by atoms with E-state index in [4.69, 9.17) is 4.74 Å². The lowest BCUT2D eigenvalue weighted by atomic mass is 10.0. The molecule has 0 radical (unpaired) electrons. The Bertz CT molecular complexity index is 525. The number of carboxylic acid groups (broad SMARTS) is 1. The number of nitrogens with zero attached hydrogens (tertiary/aromatic N) is 3. The lowest BCUT2D eigenvalue weighted by molar-refractivity contribution is -0.141. The van der Waals surface area contributed by atoms with Gasteiger partial charge in [0.25, 0.3) is 0 Å². The van der Waals surface area contributed by atoms with Gasteiger partial charge >= 0.3 is 12.1 Å². The summed E-state index contributed by atoms with van der Waals surface area (Å²) in [6.07, 6.45) is 2.95. The molecule has 2 heterocycles. The van der Waals surface area contributed by atoms with Gasteiger partial charge in [-0.05, 0) is 12.5 Å². The van der Waals surface area contributed by atoms with E-state index in [1.54, 1.807) is 17.9 Å². The number of carbonyl (C=O) groups excluding carboxylic acids is 1. The minimum atomic E-state index is -1.03. The molecule has 0 bridgehead atoms. The molecule has 2 atom stereocenters. The molecule has 1 N–H and O–H groups in total. The fourth-order valence-electron chi connectivity index (χ4n) is 2.35. The SMILES string of the molecule is C=CCOC(=O)N1CC(c2ccn(C)n2)C[C@H]1C(=O)O. The summed E-state index contributed by atoms with van der Waals surface area (Å²) in [5.74, 6) is -1.12. The third-order valence-corrected chi connectivity index (χ3v) is 3.30. The predicted octanol–water partition coefficient (Wildman–Crippen LogP) is 0.985. The number of hydrogen-bond donors (Lipinski definition) is 1. The maximum atomic E-state index is 11.9. The number of hydrogen-bond acceptors (Lipinski definition) is 4. The van der Waals surface area contributed by atoms with Crippen LogP contribution >= 0.6 is 0 Å². The van der Waals surface area contributed by atoms with Gasteiger partial charge in [0.1, 0.15) is 12.6 Å². The summed E-state index contributed by atoms with van der Waals surface area (Å²) in [5, 5.41) is 13.5. The Morgan fingerprint density at radius 2 is 2.40 bits per heavy atom. The largest absolute Gasteiger partial charge is 0.480 e. The lowest BCUT2D eigenvalue weighted by Gasteiger charge is -2.20. The molecule has 2 rings (SSSR count). The van der Waals surface area contributed by atoms with E-state index in [2.05, 4.69) is 11.7 Å². The average Bonchev–Trinajstić information content (AvgIpc) is 3.01. The molecule has 20 heavy (non-hydrogen) atoms. The van der Waals surface area contributed by atoms with Crippen molar-refractivity contribution in [1.82, 2.24) is 14.7 Å². The number of aryl methyl sites for hydroxylation is 1. The first-order valence-electron chi connectivity index (χ1n) is 6.29. The summed E-state index contributed by atoms with van der Waals surface area (Å²) in [4.78, 5) is 24.4. The van der Waals surface area contributed by atoms with Gasteiger partial charge in [-0.25, -0.2) is 9.59 Å². The fraction of sp³-hybridized carbons (Fsp3) is 0.462. The second-order valence-electron chi connectivity index (χ2n) is 4.72. The topological polar surface area (TPSA) is 84.7 Å². The molecule has 1 aromatic heterocycles. The first-order valence-corrected chi connectivity index (χ1v) is 6.29. The molecule has 0 saturated carbocycles. The molecule has 1 aliphatic heterocycles. The highest BCUT2D eigenvalue weighted by molar-refractivity contribution is 5.81. The van der Waals surface area contributed by atoms with Crippen molar-refractivity contribution >= 4 is 12.1 Å². The highest BCUT2D eigenvalue weighted by Gasteiger charge is 2.41. The van der Waals surface area contributed by atoms with Crippen molar-refractivity contribution in [2.75, 3.05) is 13.2 Å². The first kappa shape index (κ1) is 14.1. The third kappa shape index (κ3) is 2.81. The van der Waals surface area contributed by atoms with E-state index in [-0.39, 0.29) is 12.5 Å². The Morgan fingerprint density at radius 3 is 2.95 bits per heavy atom. The van der Waals surface area contributed by atoms with Gasteiger partial charge in [-0.2, -0.15) is 5.10 Å². The lowest BCUT2D eigenvalue weighted by Crippen LogP contribution is -2.40. The Kier molecular flexibility index (Phi) is 4.07. The number of carboxylic acids is 1. The summed E-state index contributed by atoms with van der Waals surface area (Å²) in [6.45, 7) is 3.81. The smallest absolute Gasteiger partial charge is 0.410 e. The van der Waals surface area contributed by atoms with Crippen LogP contribution in [0.5, 0.6) is 0 Å². The van der Waals surface area contributed by atoms with Crippen LogP contribution in [-0.2, 0) is 16.6 Å². The summed E-state index contributed by atoms with van der Waals surface area (Å²) < 4.78 is 6.58. The summed E-state index contributed by atoms with van der Waals surface area (Å²) in [5.41, 5.74) is 0.790. The molecule has 0 spiro atoms. The number of amides is 1. The van der Waals surface area contributed by atoms with Gasteiger partial charge in [0.2, 0.25) is 0 Å². The van der Waals surface area contributed by atoms with Crippen molar-refractivity contribution in [3.05, 3.63) is 30.6 Å². The zero-order valence-electron chi connectivity index (χ0n) is 11.2. The highest BCUT2D eigenvalue weighted by atomic mass is 16.6. The molecular weight excluding hydrogens is 262 g/mol. The van der Waals surface area contributed by atoms with Crippen molar-refractivity contribution in [3.63, 3.8) is 0 Å². The Hall–Kier alpha value is -2.31. The standard InChI is InChI=1S/C13H17N3O4/c1-3-6-20-13(19)16-8-9(7-11(16)12(17)18)10-4-5-15(2)14-10/h3-5,9,11H,1,6-8H2,2H3,(H,17,18)/t9?,11-/m0/s1. The van der Waals surface area contributed by atoms with Crippen LogP contribution in [-0.4, -0.2) is 51.0 Å². The number of aromatic nitrogens is 2. The van der Waals surface area contributed by atoms with Crippen LogP contribution in [0.3, 0.4) is 0 Å². The second kappa shape index (κ2) is 5.77. The normalized spacial score (nSPS) is 21.8. The molecule has 1 fully saturated rings. The maximum Gasteiger partial charge on any atom is 0.410 e. The van der Waals surface area contributed by atoms with Gasteiger partial charge < -0.3 is 9.84 Å². The zero-order valence-corrected chi connectivity index (χ0v) is 11.2. The Balaban J connectivity index is 2.12. The van der Waals surface area contributed by atoms with E-state index < -0.39 is 18.1 Å². The molecule has 7 nitrogen and oxygen atoms in total. The molecule has 1 amide bonds. The summed E-state index contributed by atoms with van der Waals surface area (Å²) in [7, 11) is 1.79. The van der Waals surface area contributed by atoms with Crippen molar-refractivity contribution in [3.8, 4) is 0 Å². The van der Waals surface area contributed by atoms with Gasteiger partial charge in [0.05, 0.1) is 5.69 Å². The molecular formula is C13H17N3O4. The van der Waals surface area contributed by atoms with Crippen LogP contribution in [0.15, 0.2) is 24.9 Å². The molecule has 7 heteroatoms. The predicted molar refractivity (Wildman–Crippen MR) is 70.2 cm³/mol. The Morgan fingerprint density at radius 1 is 1.65 bits per heavy atom. The zero-order chi connectivity index (χ0) is 14.7. The summed E-state index contributed by atoms with van der Waals surface area (Å²) >= 11 is 0. The van der Waals surface area contributed by atoms with Crippen LogP contribution in [0.2, 0.25) is 0 Å². The highest BCUT2D eigenvalue weighted by Crippen LogP contribution is 2.31. The second-order valence-corrected chi connectivity index (χ2v) is 4.72. The molecule has 0 aromatic carbocycles. The van der Waals surface area contributed by atoms with Crippen LogP contribution in [0.1, 0.15) is 18.0 Å². The maximum absolute atomic E-state index is 11.9. The molecule has 0 aliphatic carbocycles. The number of ether oxygens (including phenoxy) is 1. The van der Waals surface area contributed by atoms with Crippen LogP contribution in [0, 0.1) is 0 Å². The minimum absolute atomic E-state index is 0.0654. The van der Waals surface area contributed by atoms with Crippen molar-refractivity contribution in [2.24, 2.45) is 7.05 Å². The van der Waals surface area contributed by atoms with Crippen LogP contribution in [0.25, 0.3) is 0 Å². The van der Waals surface area contributed by atoms with Gasteiger partial charge in [0, 0.05) is 25.7 Å². The molecule has 1 saturated heterocycles. The van der Waals surface area contributed by atoms with E-state index >= 15 is 0 Å².